The Bertz CT molecular complexity index is 965. The van der Waals surface area contributed by atoms with E-state index >= 15 is 0 Å². The Hall–Kier alpha value is -2.22. The summed E-state index contributed by atoms with van der Waals surface area (Å²) in [5, 5.41) is 1.25. The second-order valence-corrected chi connectivity index (χ2v) is 10.1. The summed E-state index contributed by atoms with van der Waals surface area (Å²) in [5.74, 6) is 1.66. The number of para-hydroxylation sites is 2. The van der Waals surface area contributed by atoms with Gasteiger partial charge in [-0.1, -0.05) is 106 Å². The molecule has 178 valence electrons. The summed E-state index contributed by atoms with van der Waals surface area (Å²) >= 11 is 0. The predicted molar refractivity (Wildman–Crippen MR) is 141 cm³/mol. The fourth-order valence-corrected chi connectivity index (χ4v) is 3.90. The van der Waals surface area contributed by atoms with Gasteiger partial charge in [0.25, 0.3) is 0 Å². The van der Waals surface area contributed by atoms with E-state index in [0.717, 1.165) is 17.9 Å². The van der Waals surface area contributed by atoms with Gasteiger partial charge >= 0.3 is 0 Å². The fourth-order valence-electron chi connectivity index (χ4n) is 3.90. The van der Waals surface area contributed by atoms with Gasteiger partial charge in [0.1, 0.15) is 11.3 Å². The zero-order chi connectivity index (χ0) is 24.7. The highest BCUT2D eigenvalue weighted by Crippen LogP contribution is 2.45. The molecule has 0 amide bonds. The Balaban J connectivity index is 0.000000277. The lowest BCUT2D eigenvalue weighted by Gasteiger charge is -2.25. The number of fused-ring (bicyclic) bond motifs is 2. The number of furan rings is 1. The molecule has 1 atom stereocenters. The van der Waals surface area contributed by atoms with E-state index in [1.54, 1.807) is 0 Å². The van der Waals surface area contributed by atoms with Crippen LogP contribution in [-0.2, 0) is 5.41 Å². The molecule has 0 fully saturated rings. The molecule has 2 aromatic carbocycles. The maximum absolute atomic E-state index is 5.77. The van der Waals surface area contributed by atoms with Crippen molar-refractivity contribution >= 4 is 11.0 Å². The van der Waals surface area contributed by atoms with Crippen molar-refractivity contribution in [2.75, 3.05) is 6.61 Å². The minimum Gasteiger partial charge on any atom is -0.492 e. The van der Waals surface area contributed by atoms with Crippen LogP contribution in [0.25, 0.3) is 11.0 Å². The highest BCUT2D eigenvalue weighted by atomic mass is 16.5. The van der Waals surface area contributed by atoms with Crippen molar-refractivity contribution in [1.82, 2.24) is 0 Å². The van der Waals surface area contributed by atoms with Gasteiger partial charge in [-0.2, -0.15) is 0 Å². The molecule has 1 aliphatic heterocycles. The standard InChI is InChI=1S/C13H18O.C13H16O.2C2H6/c2*1-9-6-5-7-10-11(13(2,3)4)8-14-12(9)10;2*1-2/h5-7,11H,8H2,1-4H3;5-8H,1-4H3;2*1-2H3. The van der Waals surface area contributed by atoms with E-state index in [1.165, 1.54) is 27.6 Å². The smallest absolute Gasteiger partial charge is 0.137 e. The first kappa shape index (κ1) is 27.8. The van der Waals surface area contributed by atoms with E-state index in [9.17, 15) is 0 Å². The highest BCUT2D eigenvalue weighted by Gasteiger charge is 2.34. The van der Waals surface area contributed by atoms with Crippen LogP contribution in [0.5, 0.6) is 5.75 Å². The molecule has 0 aliphatic carbocycles. The fraction of sp³-hybridized carbons (Fsp3) is 0.533. The van der Waals surface area contributed by atoms with E-state index in [4.69, 9.17) is 9.15 Å². The van der Waals surface area contributed by atoms with Gasteiger partial charge in [-0.25, -0.2) is 0 Å². The Kier molecular flexibility index (Phi) is 10.1. The van der Waals surface area contributed by atoms with Gasteiger partial charge in [0, 0.05) is 22.4 Å². The summed E-state index contributed by atoms with van der Waals surface area (Å²) in [6.45, 7) is 26.5. The molecule has 0 saturated carbocycles. The summed E-state index contributed by atoms with van der Waals surface area (Å²) in [6, 6.07) is 12.7. The van der Waals surface area contributed by atoms with Crippen LogP contribution in [0.1, 0.15) is 97.4 Å². The van der Waals surface area contributed by atoms with Crippen LogP contribution in [0.4, 0.5) is 0 Å². The average molecular weight is 439 g/mol. The molecule has 2 heteroatoms. The summed E-state index contributed by atoms with van der Waals surface area (Å²) in [4.78, 5) is 0. The van der Waals surface area contributed by atoms with Crippen LogP contribution < -0.4 is 4.74 Å². The van der Waals surface area contributed by atoms with Crippen LogP contribution in [0, 0.1) is 19.3 Å². The molecule has 1 aromatic heterocycles. The van der Waals surface area contributed by atoms with E-state index in [0.29, 0.717) is 11.3 Å². The average Bonchev–Trinajstić information content (AvgIpc) is 3.37. The Morgan fingerprint density at radius 3 is 1.91 bits per heavy atom. The largest absolute Gasteiger partial charge is 0.492 e. The van der Waals surface area contributed by atoms with Crippen molar-refractivity contribution in [3.05, 3.63) is 64.9 Å². The first-order valence-electron chi connectivity index (χ1n) is 12.2. The number of benzene rings is 2. The van der Waals surface area contributed by atoms with Crippen molar-refractivity contribution in [3.63, 3.8) is 0 Å². The Morgan fingerprint density at radius 1 is 0.781 bits per heavy atom. The van der Waals surface area contributed by atoms with Gasteiger partial charge in [-0.15, -0.1) is 0 Å². The monoisotopic (exact) mass is 438 g/mol. The molecule has 1 aliphatic rings. The van der Waals surface area contributed by atoms with E-state index in [2.05, 4.69) is 91.8 Å². The third kappa shape index (κ3) is 6.40. The van der Waals surface area contributed by atoms with Crippen LogP contribution in [0.2, 0.25) is 0 Å². The number of rotatable bonds is 0. The first-order chi connectivity index (χ1) is 15.0. The zero-order valence-electron chi connectivity index (χ0n) is 22.6. The van der Waals surface area contributed by atoms with Gasteiger partial charge < -0.3 is 9.15 Å². The second kappa shape index (κ2) is 11.6. The van der Waals surface area contributed by atoms with Gasteiger partial charge in [0.05, 0.1) is 12.9 Å². The summed E-state index contributed by atoms with van der Waals surface area (Å²) in [7, 11) is 0. The topological polar surface area (TPSA) is 22.4 Å². The van der Waals surface area contributed by atoms with Crippen LogP contribution in [-0.4, -0.2) is 6.61 Å². The molecule has 0 N–H and O–H groups in total. The number of aryl methyl sites for hydroxylation is 2. The molecule has 32 heavy (non-hydrogen) atoms. The normalized spacial score (nSPS) is 14.7. The van der Waals surface area contributed by atoms with Gasteiger partial charge in [0.2, 0.25) is 0 Å². The van der Waals surface area contributed by atoms with Crippen LogP contribution in [0.15, 0.2) is 47.1 Å². The lowest BCUT2D eigenvalue weighted by atomic mass is 9.77. The number of hydrogen-bond donors (Lipinski definition) is 0. The predicted octanol–water partition coefficient (Wildman–Crippen LogP) is 9.61. The molecule has 0 spiro atoms. The van der Waals surface area contributed by atoms with Crippen LogP contribution >= 0.6 is 0 Å². The molecule has 2 nitrogen and oxygen atoms in total. The lowest BCUT2D eigenvalue weighted by molar-refractivity contribution is 0.242. The van der Waals surface area contributed by atoms with Gasteiger partial charge in [0.15, 0.2) is 0 Å². The molecular weight excluding hydrogens is 392 g/mol. The van der Waals surface area contributed by atoms with Crippen molar-refractivity contribution in [3.8, 4) is 5.75 Å². The first-order valence-corrected chi connectivity index (χ1v) is 12.2. The quantitative estimate of drug-likeness (QED) is 0.348. The number of ether oxygens (including phenoxy) is 1. The molecule has 0 radical (unpaired) electrons. The van der Waals surface area contributed by atoms with E-state index < -0.39 is 0 Å². The molecule has 3 aromatic rings. The third-order valence-electron chi connectivity index (χ3n) is 5.66. The molecule has 0 saturated heterocycles. The van der Waals surface area contributed by atoms with E-state index in [1.807, 2.05) is 34.0 Å². The van der Waals surface area contributed by atoms with Crippen molar-refractivity contribution < 1.29 is 9.15 Å². The summed E-state index contributed by atoms with van der Waals surface area (Å²) < 4.78 is 11.4. The molecule has 1 unspecified atom stereocenters. The number of hydrogen-bond acceptors (Lipinski definition) is 2. The third-order valence-corrected chi connectivity index (χ3v) is 5.66. The molecule has 2 heterocycles. The minimum atomic E-state index is 0.152. The van der Waals surface area contributed by atoms with Crippen LogP contribution in [0.3, 0.4) is 0 Å². The minimum absolute atomic E-state index is 0.152. The van der Waals surface area contributed by atoms with Crippen molar-refractivity contribution in [1.29, 1.82) is 0 Å². The van der Waals surface area contributed by atoms with Gasteiger partial charge in [-0.05, 0) is 35.8 Å². The maximum atomic E-state index is 5.77. The van der Waals surface area contributed by atoms with Crippen molar-refractivity contribution in [2.45, 2.75) is 94.4 Å². The highest BCUT2D eigenvalue weighted by molar-refractivity contribution is 5.84. The lowest BCUT2D eigenvalue weighted by Crippen LogP contribution is -2.19. The second-order valence-electron chi connectivity index (χ2n) is 10.1. The summed E-state index contributed by atoms with van der Waals surface area (Å²) in [6.07, 6.45) is 1.89. The molecule has 0 bridgehead atoms. The molecular formula is C30H46O2. The Morgan fingerprint density at radius 2 is 1.34 bits per heavy atom. The van der Waals surface area contributed by atoms with Gasteiger partial charge in [-0.3, -0.25) is 0 Å². The Labute approximate surface area is 197 Å². The summed E-state index contributed by atoms with van der Waals surface area (Å²) in [5.41, 5.74) is 6.61. The SMILES string of the molecule is CC.CC.Cc1cccc2c(C(C)(C)C)coc12.Cc1cccc2c1OCC2C(C)(C)C. The zero-order valence-corrected chi connectivity index (χ0v) is 22.6. The maximum Gasteiger partial charge on any atom is 0.137 e. The molecule has 4 rings (SSSR count). The van der Waals surface area contributed by atoms with E-state index in [-0.39, 0.29) is 5.41 Å². The van der Waals surface area contributed by atoms with Crippen molar-refractivity contribution in [2.24, 2.45) is 5.41 Å².